The largest absolute Gasteiger partial charge is 0.339 e. The van der Waals surface area contributed by atoms with Crippen molar-refractivity contribution >= 4 is 5.91 Å². The number of piperidine rings is 1. The first-order valence-electron chi connectivity index (χ1n) is 9.33. The van der Waals surface area contributed by atoms with Gasteiger partial charge in [0.25, 0.3) is 5.91 Å². The van der Waals surface area contributed by atoms with Crippen molar-refractivity contribution in [3.63, 3.8) is 0 Å². The molecule has 0 atom stereocenters. The molecule has 27 heavy (non-hydrogen) atoms. The molecule has 0 aromatic carbocycles. The summed E-state index contributed by atoms with van der Waals surface area (Å²) >= 11 is 0. The van der Waals surface area contributed by atoms with E-state index in [2.05, 4.69) is 31.7 Å². The number of pyridine rings is 1. The molecule has 8 nitrogen and oxygen atoms in total. The smallest absolute Gasteiger partial charge is 0.253 e. The average molecular weight is 365 g/mol. The summed E-state index contributed by atoms with van der Waals surface area (Å²) in [6.07, 6.45) is 10.6. The van der Waals surface area contributed by atoms with Crippen molar-refractivity contribution < 1.29 is 4.79 Å². The number of hydrogen-bond acceptors (Lipinski definition) is 5. The Kier molecular flexibility index (Phi) is 4.95. The lowest BCUT2D eigenvalue weighted by molar-refractivity contribution is 0.0710. The lowest BCUT2D eigenvalue weighted by Gasteiger charge is -2.31. The van der Waals surface area contributed by atoms with E-state index in [4.69, 9.17) is 0 Å². The summed E-state index contributed by atoms with van der Waals surface area (Å²) in [6.45, 7) is 5.09. The predicted octanol–water partition coefficient (Wildman–Crippen LogP) is 1.96. The third-order valence-corrected chi connectivity index (χ3v) is 5.13. The highest BCUT2D eigenvalue weighted by molar-refractivity contribution is 5.94. The van der Waals surface area contributed by atoms with Gasteiger partial charge in [0.05, 0.1) is 12.9 Å². The van der Waals surface area contributed by atoms with E-state index >= 15 is 0 Å². The number of amides is 1. The van der Waals surface area contributed by atoms with E-state index in [1.54, 1.807) is 37.1 Å². The first-order valence-corrected chi connectivity index (χ1v) is 9.33. The fourth-order valence-electron chi connectivity index (χ4n) is 3.67. The van der Waals surface area contributed by atoms with Crippen LogP contribution in [-0.2, 0) is 13.1 Å². The van der Waals surface area contributed by atoms with Crippen LogP contribution < -0.4 is 0 Å². The summed E-state index contributed by atoms with van der Waals surface area (Å²) in [5.74, 6) is 2.38. The van der Waals surface area contributed by atoms with Crippen molar-refractivity contribution in [3.8, 4) is 0 Å². The standard InChI is InChI=1S/C19H23N7O/c1-2-26-17(13-24-12-9-21-14-24)22-23-18(26)15-5-10-25(11-6-15)19(27)16-3-7-20-8-4-16/h3-4,7-9,12,14-15H,2,5-6,10-11,13H2,1H3. The van der Waals surface area contributed by atoms with Gasteiger partial charge in [0, 0.05) is 55.9 Å². The van der Waals surface area contributed by atoms with Crippen LogP contribution in [-0.4, -0.2) is 53.2 Å². The van der Waals surface area contributed by atoms with Crippen LogP contribution in [0.15, 0.2) is 43.2 Å². The molecule has 8 heteroatoms. The van der Waals surface area contributed by atoms with Crippen LogP contribution in [0.1, 0.15) is 47.7 Å². The molecule has 0 bridgehead atoms. The first kappa shape index (κ1) is 17.4. The Labute approximate surface area is 157 Å². The van der Waals surface area contributed by atoms with Crippen LogP contribution >= 0.6 is 0 Å². The Morgan fingerprint density at radius 2 is 1.89 bits per heavy atom. The maximum absolute atomic E-state index is 12.6. The van der Waals surface area contributed by atoms with Crippen LogP contribution in [0.3, 0.4) is 0 Å². The van der Waals surface area contributed by atoms with Gasteiger partial charge in [-0.25, -0.2) is 4.98 Å². The molecular weight excluding hydrogens is 342 g/mol. The van der Waals surface area contributed by atoms with E-state index in [1.165, 1.54) is 0 Å². The van der Waals surface area contributed by atoms with Gasteiger partial charge in [0.1, 0.15) is 5.82 Å². The van der Waals surface area contributed by atoms with Crippen LogP contribution in [0.4, 0.5) is 0 Å². The third-order valence-electron chi connectivity index (χ3n) is 5.13. The maximum Gasteiger partial charge on any atom is 0.253 e. The zero-order valence-electron chi connectivity index (χ0n) is 15.4. The lowest BCUT2D eigenvalue weighted by Crippen LogP contribution is -2.38. The van der Waals surface area contributed by atoms with Gasteiger partial charge < -0.3 is 14.0 Å². The zero-order chi connectivity index (χ0) is 18.6. The second kappa shape index (κ2) is 7.69. The molecule has 0 N–H and O–H groups in total. The quantitative estimate of drug-likeness (QED) is 0.690. The van der Waals surface area contributed by atoms with E-state index in [0.29, 0.717) is 18.0 Å². The normalized spacial score (nSPS) is 15.2. The number of imidazole rings is 1. The number of rotatable bonds is 5. The molecular formula is C19H23N7O. The van der Waals surface area contributed by atoms with Crippen molar-refractivity contribution in [2.45, 2.75) is 38.8 Å². The summed E-state index contributed by atoms with van der Waals surface area (Å²) < 4.78 is 4.20. The number of likely N-dealkylation sites (tertiary alicyclic amines) is 1. The second-order valence-corrected chi connectivity index (χ2v) is 6.76. The topological polar surface area (TPSA) is 81.7 Å². The molecule has 0 saturated carbocycles. The SMILES string of the molecule is CCn1c(Cn2ccnc2)nnc1C1CCN(C(=O)c2ccncc2)CC1. The highest BCUT2D eigenvalue weighted by Gasteiger charge is 2.28. The summed E-state index contributed by atoms with van der Waals surface area (Å²) in [5, 5.41) is 8.90. The third kappa shape index (κ3) is 3.60. The summed E-state index contributed by atoms with van der Waals surface area (Å²) in [5.41, 5.74) is 0.697. The first-order chi connectivity index (χ1) is 13.3. The molecule has 4 rings (SSSR count). The van der Waals surface area contributed by atoms with Crippen LogP contribution in [0.5, 0.6) is 0 Å². The van der Waals surface area contributed by atoms with Gasteiger partial charge >= 0.3 is 0 Å². The van der Waals surface area contributed by atoms with Gasteiger partial charge in [0.15, 0.2) is 5.82 Å². The summed E-state index contributed by atoms with van der Waals surface area (Å²) in [7, 11) is 0. The number of carbonyl (C=O) groups is 1. The predicted molar refractivity (Wildman–Crippen MR) is 99.1 cm³/mol. The molecule has 0 spiro atoms. The maximum atomic E-state index is 12.6. The Bertz CT molecular complexity index is 880. The number of carbonyl (C=O) groups excluding carboxylic acids is 1. The molecule has 1 aliphatic rings. The Morgan fingerprint density at radius 3 is 2.56 bits per heavy atom. The van der Waals surface area contributed by atoms with Crippen molar-refractivity contribution in [1.82, 2.24) is 34.2 Å². The second-order valence-electron chi connectivity index (χ2n) is 6.76. The van der Waals surface area contributed by atoms with Crippen molar-refractivity contribution in [3.05, 3.63) is 60.5 Å². The molecule has 3 aromatic heterocycles. The molecule has 1 saturated heterocycles. The van der Waals surface area contributed by atoms with Crippen LogP contribution in [0, 0.1) is 0 Å². The van der Waals surface area contributed by atoms with Gasteiger partial charge in [0.2, 0.25) is 0 Å². The van der Waals surface area contributed by atoms with E-state index in [-0.39, 0.29) is 5.91 Å². The minimum atomic E-state index is 0.0774. The minimum Gasteiger partial charge on any atom is -0.339 e. The number of aromatic nitrogens is 6. The van der Waals surface area contributed by atoms with E-state index in [9.17, 15) is 4.79 Å². The van der Waals surface area contributed by atoms with E-state index in [0.717, 1.165) is 44.1 Å². The van der Waals surface area contributed by atoms with Gasteiger partial charge in [-0.3, -0.25) is 9.78 Å². The number of hydrogen-bond donors (Lipinski definition) is 0. The fraction of sp³-hybridized carbons (Fsp3) is 0.421. The summed E-state index contributed by atoms with van der Waals surface area (Å²) in [4.78, 5) is 22.6. The summed E-state index contributed by atoms with van der Waals surface area (Å²) in [6, 6.07) is 3.54. The van der Waals surface area contributed by atoms with E-state index < -0.39 is 0 Å². The molecule has 3 aromatic rings. The van der Waals surface area contributed by atoms with Crippen molar-refractivity contribution in [2.75, 3.05) is 13.1 Å². The molecule has 140 valence electrons. The van der Waals surface area contributed by atoms with Gasteiger partial charge in [-0.2, -0.15) is 0 Å². The van der Waals surface area contributed by atoms with Gasteiger partial charge in [-0.1, -0.05) is 0 Å². The Balaban J connectivity index is 1.44. The van der Waals surface area contributed by atoms with Crippen molar-refractivity contribution in [1.29, 1.82) is 0 Å². The highest BCUT2D eigenvalue weighted by Crippen LogP contribution is 2.28. The lowest BCUT2D eigenvalue weighted by atomic mass is 9.95. The monoisotopic (exact) mass is 365 g/mol. The molecule has 0 radical (unpaired) electrons. The molecule has 1 aliphatic heterocycles. The molecule has 0 unspecified atom stereocenters. The zero-order valence-corrected chi connectivity index (χ0v) is 15.4. The van der Waals surface area contributed by atoms with Gasteiger partial charge in [-0.15, -0.1) is 10.2 Å². The average Bonchev–Trinajstić information content (AvgIpc) is 3.38. The molecule has 1 amide bonds. The molecule has 4 heterocycles. The number of nitrogens with zero attached hydrogens (tertiary/aromatic N) is 7. The fourth-order valence-corrected chi connectivity index (χ4v) is 3.67. The molecule has 1 fully saturated rings. The molecule has 0 aliphatic carbocycles. The van der Waals surface area contributed by atoms with E-state index in [1.807, 2.05) is 15.7 Å². The Morgan fingerprint density at radius 1 is 1.11 bits per heavy atom. The minimum absolute atomic E-state index is 0.0774. The Hall–Kier alpha value is -3.03. The van der Waals surface area contributed by atoms with Crippen LogP contribution in [0.2, 0.25) is 0 Å². The van der Waals surface area contributed by atoms with Crippen molar-refractivity contribution in [2.24, 2.45) is 0 Å². The van der Waals surface area contributed by atoms with Crippen LogP contribution in [0.25, 0.3) is 0 Å². The highest BCUT2D eigenvalue weighted by atomic mass is 16.2. The van der Waals surface area contributed by atoms with Gasteiger partial charge in [-0.05, 0) is 31.9 Å².